The van der Waals surface area contributed by atoms with Gasteiger partial charge >= 0.3 is 0 Å². The van der Waals surface area contributed by atoms with Crippen LogP contribution in [-0.2, 0) is 0 Å². The van der Waals surface area contributed by atoms with E-state index in [1.165, 1.54) is 0 Å². The van der Waals surface area contributed by atoms with Gasteiger partial charge in [0.25, 0.3) is 0 Å². The second-order valence-electron chi connectivity index (χ2n) is 1.08. The molecule has 0 radical (unpaired) electrons. The molecule has 0 aromatic rings. The Morgan fingerprint density at radius 1 is 1.75 bits per heavy atom. The Hall–Kier alpha value is -0.440. The predicted molar refractivity (Wildman–Crippen MR) is 41.0 cm³/mol. The van der Waals surface area contributed by atoms with Gasteiger partial charge in [0.1, 0.15) is 0 Å². The zero-order chi connectivity index (χ0) is 6.41. The maximum Gasteiger partial charge on any atom is 0.0536 e. The molecular formula is C5H7BrN2. The van der Waals surface area contributed by atoms with Crippen LogP contribution in [0.15, 0.2) is 20.7 Å². The number of hydrogen-bond acceptors (Lipinski definition) is 2. The molecule has 0 spiro atoms. The molecule has 0 aliphatic carbocycles. The van der Waals surface area contributed by atoms with E-state index in [2.05, 4.69) is 32.6 Å². The third kappa shape index (κ3) is 3.74. The van der Waals surface area contributed by atoms with Crippen molar-refractivity contribution in [2.45, 2.75) is 0 Å². The zero-order valence-electron chi connectivity index (χ0n) is 4.63. The summed E-state index contributed by atoms with van der Waals surface area (Å²) in [4.78, 5) is 7.23. The van der Waals surface area contributed by atoms with E-state index < -0.39 is 0 Å². The van der Waals surface area contributed by atoms with Crippen LogP contribution in [-0.4, -0.2) is 20.0 Å². The molecule has 3 heteroatoms. The van der Waals surface area contributed by atoms with Crippen LogP contribution in [0.1, 0.15) is 0 Å². The smallest absolute Gasteiger partial charge is 0.0536 e. The first kappa shape index (κ1) is 7.56. The topological polar surface area (TPSA) is 24.7 Å². The van der Waals surface area contributed by atoms with Gasteiger partial charge in [0, 0.05) is 19.5 Å². The molecule has 0 saturated heterocycles. The second kappa shape index (κ2) is 4.71. The average molecular weight is 175 g/mol. The van der Waals surface area contributed by atoms with Crippen LogP contribution in [0.2, 0.25) is 0 Å². The highest BCUT2D eigenvalue weighted by Gasteiger charge is 1.77. The van der Waals surface area contributed by atoms with E-state index >= 15 is 0 Å². The average Bonchev–Trinajstić information content (AvgIpc) is 1.68. The Balaban J connectivity index is 3.79. The summed E-state index contributed by atoms with van der Waals surface area (Å²) in [6, 6.07) is 0. The number of nitrogens with zero attached hydrogens (tertiary/aromatic N) is 2. The van der Waals surface area contributed by atoms with Gasteiger partial charge in [-0.25, -0.2) is 0 Å². The normalized spacial score (nSPS) is 12.5. The number of aliphatic imine (C=N–C) groups is 2. The lowest BCUT2D eigenvalue weighted by Gasteiger charge is -1.79. The van der Waals surface area contributed by atoms with Gasteiger partial charge in [0.15, 0.2) is 0 Å². The zero-order valence-corrected chi connectivity index (χ0v) is 6.22. The van der Waals surface area contributed by atoms with Gasteiger partial charge < -0.3 is 0 Å². The molecule has 0 aliphatic rings. The van der Waals surface area contributed by atoms with E-state index in [0.29, 0.717) is 0 Å². The van der Waals surface area contributed by atoms with Crippen LogP contribution in [0.3, 0.4) is 0 Å². The highest BCUT2D eigenvalue weighted by atomic mass is 79.9. The Kier molecular flexibility index (Phi) is 4.45. The molecule has 0 aromatic carbocycles. The lowest BCUT2D eigenvalue weighted by molar-refractivity contribution is 1.47. The molecule has 0 atom stereocenters. The molecule has 0 bridgehead atoms. The summed E-state index contributed by atoms with van der Waals surface area (Å²) < 4.78 is 0.829. The molecule has 8 heavy (non-hydrogen) atoms. The van der Waals surface area contributed by atoms with Crippen molar-refractivity contribution < 1.29 is 0 Å². The molecule has 44 valence electrons. The van der Waals surface area contributed by atoms with Crippen molar-refractivity contribution in [3.8, 4) is 0 Å². The van der Waals surface area contributed by atoms with Gasteiger partial charge in [-0.15, -0.1) is 0 Å². The van der Waals surface area contributed by atoms with Crippen molar-refractivity contribution >= 4 is 28.9 Å². The number of hydrogen-bond donors (Lipinski definition) is 0. The van der Waals surface area contributed by atoms with E-state index in [9.17, 15) is 0 Å². The summed E-state index contributed by atoms with van der Waals surface area (Å²) in [7, 11) is 1.69. The van der Waals surface area contributed by atoms with Gasteiger partial charge in [0.05, 0.1) is 4.48 Å². The molecule has 0 N–H and O–H groups in total. The largest absolute Gasteiger partial charge is 0.295 e. The Morgan fingerprint density at radius 3 is 2.75 bits per heavy atom. The first-order valence-corrected chi connectivity index (χ1v) is 2.84. The summed E-state index contributed by atoms with van der Waals surface area (Å²) in [5, 5.41) is 0. The first-order valence-electron chi connectivity index (χ1n) is 2.05. The van der Waals surface area contributed by atoms with Gasteiger partial charge in [-0.3, -0.25) is 9.98 Å². The van der Waals surface area contributed by atoms with Gasteiger partial charge in [-0.05, 0) is 22.6 Å². The summed E-state index contributed by atoms with van der Waals surface area (Å²) in [5.74, 6) is 0. The fraction of sp³-hybridized carbons (Fsp3) is 0.200. The van der Waals surface area contributed by atoms with Crippen LogP contribution in [0.4, 0.5) is 0 Å². The van der Waals surface area contributed by atoms with Crippen LogP contribution < -0.4 is 0 Å². The molecule has 0 heterocycles. The van der Waals surface area contributed by atoms with Gasteiger partial charge in [0.2, 0.25) is 0 Å². The molecule has 0 aromatic heterocycles. The third-order valence-corrected chi connectivity index (χ3v) is 0.877. The van der Waals surface area contributed by atoms with Gasteiger partial charge in [-0.1, -0.05) is 0 Å². The fourth-order valence-corrected chi connectivity index (χ4v) is 0.593. The van der Waals surface area contributed by atoms with E-state index in [1.54, 1.807) is 19.5 Å². The molecule has 0 aliphatic heterocycles. The summed E-state index contributed by atoms with van der Waals surface area (Å²) in [6.07, 6.45) is 3.22. The SMILES string of the molecule is C=N/C=C(/Br)C=NC. The maximum absolute atomic E-state index is 3.73. The minimum Gasteiger partial charge on any atom is -0.295 e. The van der Waals surface area contributed by atoms with E-state index in [-0.39, 0.29) is 0 Å². The number of allylic oxidation sites excluding steroid dienone is 1. The molecule has 2 nitrogen and oxygen atoms in total. The van der Waals surface area contributed by atoms with Crippen molar-refractivity contribution in [1.82, 2.24) is 0 Å². The standard InChI is InChI=1S/C5H7BrN2/c1-7-3-5(6)4-8-2/h3-4H,1H2,2H3/b5-3+,8-4?. The summed E-state index contributed by atoms with van der Waals surface area (Å²) in [6.45, 7) is 3.26. The third-order valence-electron chi connectivity index (χ3n) is 0.467. The maximum atomic E-state index is 3.73. The molecule has 0 amide bonds. The van der Waals surface area contributed by atoms with E-state index in [1.807, 2.05) is 0 Å². The Morgan fingerprint density at radius 2 is 2.38 bits per heavy atom. The van der Waals surface area contributed by atoms with E-state index in [0.717, 1.165) is 4.48 Å². The molecule has 0 unspecified atom stereocenters. The molecule has 0 fully saturated rings. The van der Waals surface area contributed by atoms with Crippen molar-refractivity contribution in [3.63, 3.8) is 0 Å². The summed E-state index contributed by atoms with van der Waals surface area (Å²) in [5.41, 5.74) is 0. The number of rotatable bonds is 2. The first-order chi connectivity index (χ1) is 3.81. The van der Waals surface area contributed by atoms with Crippen LogP contribution in [0, 0.1) is 0 Å². The van der Waals surface area contributed by atoms with Gasteiger partial charge in [-0.2, -0.15) is 0 Å². The lowest BCUT2D eigenvalue weighted by Crippen LogP contribution is -1.68. The number of halogens is 1. The second-order valence-corrected chi connectivity index (χ2v) is 2.00. The predicted octanol–water partition coefficient (Wildman–Crippen LogP) is 1.62. The molecule has 0 rings (SSSR count). The Bertz CT molecular complexity index is 126. The highest BCUT2D eigenvalue weighted by Crippen LogP contribution is 1.99. The van der Waals surface area contributed by atoms with Crippen molar-refractivity contribution in [2.24, 2.45) is 9.98 Å². The highest BCUT2D eigenvalue weighted by molar-refractivity contribution is 9.12. The van der Waals surface area contributed by atoms with Crippen molar-refractivity contribution in [2.75, 3.05) is 7.05 Å². The minimum atomic E-state index is 0.829. The van der Waals surface area contributed by atoms with Crippen LogP contribution >= 0.6 is 15.9 Å². The molecular weight excluding hydrogens is 168 g/mol. The summed E-state index contributed by atoms with van der Waals surface area (Å²) >= 11 is 3.18. The van der Waals surface area contributed by atoms with Crippen LogP contribution in [0.5, 0.6) is 0 Å². The van der Waals surface area contributed by atoms with Crippen LogP contribution in [0.25, 0.3) is 0 Å². The molecule has 0 saturated carbocycles. The fourth-order valence-electron chi connectivity index (χ4n) is 0.244. The van der Waals surface area contributed by atoms with Crippen molar-refractivity contribution in [1.29, 1.82) is 0 Å². The minimum absolute atomic E-state index is 0.829. The Labute approximate surface area is 57.2 Å². The van der Waals surface area contributed by atoms with Crippen molar-refractivity contribution in [3.05, 3.63) is 10.7 Å². The monoisotopic (exact) mass is 174 g/mol. The van der Waals surface area contributed by atoms with E-state index in [4.69, 9.17) is 0 Å². The lowest BCUT2D eigenvalue weighted by atomic mass is 10.7. The quantitative estimate of drug-likeness (QED) is 0.569.